The minimum absolute atomic E-state index is 0.219. The highest BCUT2D eigenvalue weighted by Crippen LogP contribution is 2.27. The van der Waals surface area contributed by atoms with Crippen LogP contribution in [0.5, 0.6) is 0 Å². The molecule has 1 aliphatic carbocycles. The summed E-state index contributed by atoms with van der Waals surface area (Å²) in [6.45, 7) is 0.596. The Morgan fingerprint density at radius 1 is 1.50 bits per heavy atom. The Labute approximate surface area is 111 Å². The van der Waals surface area contributed by atoms with Crippen molar-refractivity contribution in [3.05, 3.63) is 29.8 Å². The van der Waals surface area contributed by atoms with Gasteiger partial charge in [-0.2, -0.15) is 0 Å². The summed E-state index contributed by atoms with van der Waals surface area (Å²) in [7, 11) is 0. The van der Waals surface area contributed by atoms with Crippen LogP contribution in [-0.2, 0) is 0 Å². The lowest BCUT2D eigenvalue weighted by atomic mass is 9.89. The van der Waals surface area contributed by atoms with E-state index in [0.717, 1.165) is 31.9 Å². The van der Waals surface area contributed by atoms with Crippen molar-refractivity contribution < 1.29 is 9.18 Å². The van der Waals surface area contributed by atoms with E-state index in [1.807, 2.05) is 0 Å². The number of hydrogen-bond acceptors (Lipinski definition) is 2. The van der Waals surface area contributed by atoms with Crippen LogP contribution in [0.4, 0.5) is 4.39 Å². The van der Waals surface area contributed by atoms with E-state index in [4.69, 9.17) is 11.6 Å². The molecule has 0 aromatic carbocycles. The van der Waals surface area contributed by atoms with E-state index < -0.39 is 5.82 Å². The predicted octanol–water partition coefficient (Wildman–Crippen LogP) is 2.75. The lowest BCUT2D eigenvalue weighted by Gasteiger charge is -2.25. The van der Waals surface area contributed by atoms with Crippen molar-refractivity contribution in [1.82, 2.24) is 10.3 Å². The van der Waals surface area contributed by atoms with E-state index in [9.17, 15) is 9.18 Å². The smallest absolute Gasteiger partial charge is 0.252 e. The number of pyridine rings is 1. The molecule has 1 saturated carbocycles. The zero-order valence-electron chi connectivity index (χ0n) is 10.0. The number of nitrogens with zero attached hydrogens (tertiary/aromatic N) is 1. The monoisotopic (exact) mass is 270 g/mol. The van der Waals surface area contributed by atoms with Crippen molar-refractivity contribution >= 4 is 17.5 Å². The third-order valence-electron chi connectivity index (χ3n) is 3.24. The topological polar surface area (TPSA) is 42.0 Å². The Morgan fingerprint density at radius 2 is 2.33 bits per heavy atom. The molecule has 2 rings (SSSR count). The van der Waals surface area contributed by atoms with Crippen molar-refractivity contribution in [1.29, 1.82) is 0 Å². The fourth-order valence-corrected chi connectivity index (χ4v) is 2.69. The molecule has 1 amide bonds. The largest absolute Gasteiger partial charge is 0.352 e. The highest BCUT2D eigenvalue weighted by atomic mass is 35.5. The highest BCUT2D eigenvalue weighted by Gasteiger charge is 2.20. The summed E-state index contributed by atoms with van der Waals surface area (Å²) in [5, 5.41) is 3.03. The third kappa shape index (κ3) is 3.67. The quantitative estimate of drug-likeness (QED) is 0.858. The first-order valence-electron chi connectivity index (χ1n) is 6.18. The molecule has 1 heterocycles. The van der Waals surface area contributed by atoms with Crippen molar-refractivity contribution in [2.24, 2.45) is 5.92 Å². The second-order valence-electron chi connectivity index (χ2n) is 4.73. The number of amides is 1. The van der Waals surface area contributed by atoms with E-state index in [-0.39, 0.29) is 16.8 Å². The molecule has 1 aromatic heterocycles. The number of aromatic nitrogens is 1. The van der Waals surface area contributed by atoms with Gasteiger partial charge in [0.25, 0.3) is 5.91 Å². The summed E-state index contributed by atoms with van der Waals surface area (Å²) < 4.78 is 12.9. The predicted molar refractivity (Wildman–Crippen MR) is 68.1 cm³/mol. The first kappa shape index (κ1) is 13.3. The van der Waals surface area contributed by atoms with Gasteiger partial charge in [0.05, 0.1) is 11.8 Å². The van der Waals surface area contributed by atoms with Gasteiger partial charge in [0.1, 0.15) is 5.82 Å². The Kier molecular flexibility index (Phi) is 4.53. The minimum Gasteiger partial charge on any atom is -0.352 e. The third-order valence-corrected chi connectivity index (χ3v) is 3.63. The van der Waals surface area contributed by atoms with Gasteiger partial charge in [-0.3, -0.25) is 9.78 Å². The van der Waals surface area contributed by atoms with Crippen LogP contribution >= 0.6 is 11.6 Å². The van der Waals surface area contributed by atoms with Gasteiger partial charge < -0.3 is 5.32 Å². The van der Waals surface area contributed by atoms with E-state index in [0.29, 0.717) is 12.5 Å². The van der Waals surface area contributed by atoms with Crippen LogP contribution in [0, 0.1) is 11.7 Å². The molecule has 1 N–H and O–H groups in total. The minimum atomic E-state index is -0.499. The molecular formula is C13H16ClFN2O. The number of halogens is 2. The standard InChI is InChI=1S/C13H16ClFN2O/c14-11-3-1-2-9(4-11)6-17-13(18)10-5-12(15)8-16-7-10/h5,7-9,11H,1-4,6H2,(H,17,18). The lowest BCUT2D eigenvalue weighted by Crippen LogP contribution is -2.32. The van der Waals surface area contributed by atoms with Crippen LogP contribution in [0.3, 0.4) is 0 Å². The molecule has 18 heavy (non-hydrogen) atoms. The molecule has 0 radical (unpaired) electrons. The van der Waals surface area contributed by atoms with Gasteiger partial charge in [-0.1, -0.05) is 6.42 Å². The second-order valence-corrected chi connectivity index (χ2v) is 5.35. The molecule has 98 valence electrons. The van der Waals surface area contributed by atoms with Crippen molar-refractivity contribution in [2.45, 2.75) is 31.1 Å². The Hall–Kier alpha value is -1.16. The Bertz CT molecular complexity index is 427. The van der Waals surface area contributed by atoms with Crippen LogP contribution in [0.15, 0.2) is 18.5 Å². The number of hydrogen-bond donors (Lipinski definition) is 1. The maximum Gasteiger partial charge on any atom is 0.252 e. The first-order chi connectivity index (χ1) is 8.65. The SMILES string of the molecule is O=C(NCC1CCCC(Cl)C1)c1cncc(F)c1. The first-order valence-corrected chi connectivity index (χ1v) is 6.61. The van der Waals surface area contributed by atoms with Gasteiger partial charge in [0.2, 0.25) is 0 Å². The number of nitrogens with one attached hydrogen (secondary N) is 1. The molecule has 5 heteroatoms. The summed E-state index contributed by atoms with van der Waals surface area (Å²) in [6.07, 6.45) is 6.63. The molecule has 1 aromatic rings. The average Bonchev–Trinajstić information content (AvgIpc) is 2.36. The summed E-state index contributed by atoms with van der Waals surface area (Å²) in [6, 6.07) is 1.19. The Balaban J connectivity index is 1.84. The van der Waals surface area contributed by atoms with Crippen molar-refractivity contribution in [3.8, 4) is 0 Å². The fraction of sp³-hybridized carbons (Fsp3) is 0.538. The second kappa shape index (κ2) is 6.14. The van der Waals surface area contributed by atoms with Crippen molar-refractivity contribution in [2.75, 3.05) is 6.54 Å². The maximum atomic E-state index is 12.9. The van der Waals surface area contributed by atoms with Crippen LogP contribution in [-0.4, -0.2) is 22.8 Å². The van der Waals surface area contributed by atoms with Gasteiger partial charge in [-0.05, 0) is 31.2 Å². The van der Waals surface area contributed by atoms with Crippen molar-refractivity contribution in [3.63, 3.8) is 0 Å². The molecular weight excluding hydrogens is 255 g/mol. The molecule has 0 saturated heterocycles. The summed E-state index contributed by atoms with van der Waals surface area (Å²) in [5.41, 5.74) is 0.258. The summed E-state index contributed by atoms with van der Waals surface area (Å²) in [5.74, 6) is -0.355. The molecule has 0 aliphatic heterocycles. The van der Waals surface area contributed by atoms with Gasteiger partial charge in [0.15, 0.2) is 0 Å². The number of rotatable bonds is 3. The normalized spacial score (nSPS) is 23.7. The zero-order chi connectivity index (χ0) is 13.0. The van der Waals surface area contributed by atoms with E-state index in [2.05, 4.69) is 10.3 Å². The molecule has 1 aliphatic rings. The summed E-state index contributed by atoms with van der Waals surface area (Å²) >= 11 is 6.09. The van der Waals surface area contributed by atoms with E-state index in [1.54, 1.807) is 0 Å². The van der Waals surface area contributed by atoms with Crippen LogP contribution in [0.1, 0.15) is 36.0 Å². The molecule has 0 bridgehead atoms. The highest BCUT2D eigenvalue weighted by molar-refractivity contribution is 6.20. The molecule has 1 fully saturated rings. The van der Waals surface area contributed by atoms with Crippen LogP contribution in [0.25, 0.3) is 0 Å². The molecule has 2 atom stereocenters. The average molecular weight is 271 g/mol. The Morgan fingerprint density at radius 3 is 3.06 bits per heavy atom. The van der Waals surface area contributed by atoms with Gasteiger partial charge in [-0.15, -0.1) is 11.6 Å². The van der Waals surface area contributed by atoms with Gasteiger partial charge in [0, 0.05) is 18.1 Å². The zero-order valence-corrected chi connectivity index (χ0v) is 10.8. The molecule has 3 nitrogen and oxygen atoms in total. The van der Waals surface area contributed by atoms with Crippen LogP contribution < -0.4 is 5.32 Å². The number of alkyl halides is 1. The number of carbonyl (C=O) groups excluding carboxylic acids is 1. The van der Waals surface area contributed by atoms with Gasteiger partial charge >= 0.3 is 0 Å². The van der Waals surface area contributed by atoms with E-state index >= 15 is 0 Å². The lowest BCUT2D eigenvalue weighted by molar-refractivity contribution is 0.0943. The van der Waals surface area contributed by atoms with Gasteiger partial charge in [-0.25, -0.2) is 4.39 Å². The summed E-state index contributed by atoms with van der Waals surface area (Å²) in [4.78, 5) is 15.4. The maximum absolute atomic E-state index is 12.9. The van der Waals surface area contributed by atoms with Crippen LogP contribution in [0.2, 0.25) is 0 Å². The number of carbonyl (C=O) groups is 1. The molecule has 0 spiro atoms. The fourth-order valence-electron chi connectivity index (χ4n) is 2.29. The van der Waals surface area contributed by atoms with E-state index in [1.165, 1.54) is 12.3 Å². The molecule has 2 unspecified atom stereocenters.